The molecule has 0 unspecified atom stereocenters. The number of hydrogen-bond donors (Lipinski definition) is 0. The van der Waals surface area contributed by atoms with Crippen molar-refractivity contribution >= 4 is 49.4 Å². The number of benzene rings is 1. The first kappa shape index (κ1) is 29.3. The molecule has 1 aliphatic carbocycles. The van der Waals surface area contributed by atoms with E-state index in [0.717, 1.165) is 66.3 Å². The highest BCUT2D eigenvalue weighted by Gasteiger charge is 2.31. The van der Waals surface area contributed by atoms with Gasteiger partial charge in [-0.2, -0.15) is 0 Å². The number of aromatic nitrogens is 1. The van der Waals surface area contributed by atoms with Crippen molar-refractivity contribution in [1.82, 2.24) is 14.8 Å². The van der Waals surface area contributed by atoms with Crippen molar-refractivity contribution in [3.8, 4) is 0 Å². The molecule has 1 aromatic carbocycles. The number of hydrogen-bond acceptors (Lipinski definition) is 4. The summed E-state index contributed by atoms with van der Waals surface area (Å²) in [6, 6.07) is 6.73. The molecule has 2 fully saturated rings. The van der Waals surface area contributed by atoms with E-state index in [-0.39, 0.29) is 12.0 Å². The number of ether oxygens (including phenoxy) is 1. The van der Waals surface area contributed by atoms with Crippen LogP contribution in [0.1, 0.15) is 80.8 Å². The lowest BCUT2D eigenvalue weighted by atomic mass is 9.87. The second-order valence-electron chi connectivity index (χ2n) is 12.4. The average molecular weight is 673 g/mol. The van der Waals surface area contributed by atoms with Crippen LogP contribution in [0.2, 0.25) is 0 Å². The monoisotopic (exact) mass is 671 g/mol. The van der Waals surface area contributed by atoms with Crippen LogP contribution in [0.25, 0.3) is 5.57 Å². The first-order valence-corrected chi connectivity index (χ1v) is 16.0. The molecule has 8 heteroatoms. The number of nitrogens with zero attached hydrogens (tertiary/aromatic N) is 3. The number of piperidine rings is 2. The van der Waals surface area contributed by atoms with Gasteiger partial charge in [0, 0.05) is 58.9 Å². The van der Waals surface area contributed by atoms with E-state index in [1.54, 1.807) is 4.90 Å². The van der Waals surface area contributed by atoms with Gasteiger partial charge in [0.25, 0.3) is 0 Å². The number of carbonyl (C=O) groups excluding carboxylic acids is 2. The highest BCUT2D eigenvalue weighted by atomic mass is 79.9. The smallest absolute Gasteiger partial charge is 0.410 e. The van der Waals surface area contributed by atoms with Gasteiger partial charge < -0.3 is 14.5 Å². The Bertz CT molecular complexity index is 1330. The van der Waals surface area contributed by atoms with E-state index in [1.165, 1.54) is 33.4 Å². The Labute approximate surface area is 254 Å². The zero-order valence-corrected chi connectivity index (χ0v) is 27.2. The summed E-state index contributed by atoms with van der Waals surface area (Å²) < 4.78 is 7.65. The molecule has 3 aliphatic rings. The molecule has 2 saturated heterocycles. The Morgan fingerprint density at radius 3 is 2.30 bits per heavy atom. The number of fused-ring (bicyclic) bond motifs is 2. The quantitative estimate of drug-likeness (QED) is 0.332. The maximum Gasteiger partial charge on any atom is 0.410 e. The molecule has 6 nitrogen and oxygen atoms in total. The molecule has 2 aromatic rings. The summed E-state index contributed by atoms with van der Waals surface area (Å²) in [4.78, 5) is 34.5. The summed E-state index contributed by atoms with van der Waals surface area (Å²) in [5, 5.41) is 0. The first-order valence-electron chi connectivity index (χ1n) is 14.4. The number of aryl methyl sites for hydroxylation is 3. The van der Waals surface area contributed by atoms with E-state index >= 15 is 0 Å². The van der Waals surface area contributed by atoms with Crippen molar-refractivity contribution in [2.24, 2.45) is 5.92 Å². The lowest BCUT2D eigenvalue weighted by Gasteiger charge is -2.35. The van der Waals surface area contributed by atoms with E-state index < -0.39 is 5.60 Å². The van der Waals surface area contributed by atoms with Crippen LogP contribution in [0, 0.1) is 12.8 Å². The third-order valence-electron chi connectivity index (χ3n) is 8.20. The van der Waals surface area contributed by atoms with Crippen molar-refractivity contribution < 1.29 is 14.3 Å². The Balaban J connectivity index is 1.28. The molecule has 1 aromatic heterocycles. The molecule has 0 bridgehead atoms. The molecule has 0 saturated carbocycles. The van der Waals surface area contributed by atoms with Crippen LogP contribution in [0.5, 0.6) is 0 Å². The number of rotatable bonds is 2. The van der Waals surface area contributed by atoms with Crippen LogP contribution in [-0.4, -0.2) is 58.6 Å². The van der Waals surface area contributed by atoms with Gasteiger partial charge in [-0.3, -0.25) is 9.78 Å². The van der Waals surface area contributed by atoms with Gasteiger partial charge in [0.1, 0.15) is 5.60 Å². The predicted molar refractivity (Wildman–Crippen MR) is 165 cm³/mol. The van der Waals surface area contributed by atoms with Gasteiger partial charge in [-0.25, -0.2) is 4.79 Å². The average Bonchev–Trinajstić information content (AvgIpc) is 3.05. The van der Waals surface area contributed by atoms with E-state index in [2.05, 4.69) is 57.0 Å². The summed E-state index contributed by atoms with van der Waals surface area (Å²) in [7, 11) is 0. The highest BCUT2D eigenvalue weighted by molar-refractivity contribution is 9.10. The van der Waals surface area contributed by atoms with E-state index in [9.17, 15) is 9.59 Å². The fourth-order valence-corrected chi connectivity index (χ4v) is 7.41. The lowest BCUT2D eigenvalue weighted by Crippen LogP contribution is -2.43. The molecular formula is C32H39Br2N3O3. The molecule has 0 radical (unpaired) electrons. The van der Waals surface area contributed by atoms with E-state index in [0.29, 0.717) is 25.4 Å². The van der Waals surface area contributed by atoms with Crippen molar-refractivity contribution in [2.45, 2.75) is 78.2 Å². The summed E-state index contributed by atoms with van der Waals surface area (Å²) in [5.41, 5.74) is 8.39. The van der Waals surface area contributed by atoms with Gasteiger partial charge in [-0.1, -0.05) is 27.6 Å². The van der Waals surface area contributed by atoms with Crippen LogP contribution in [0.4, 0.5) is 4.79 Å². The van der Waals surface area contributed by atoms with Crippen LogP contribution < -0.4 is 0 Å². The first-order chi connectivity index (χ1) is 19.0. The molecule has 3 heterocycles. The van der Waals surface area contributed by atoms with Gasteiger partial charge in [-0.15, -0.1) is 0 Å². The minimum atomic E-state index is -0.491. The van der Waals surface area contributed by atoms with Crippen LogP contribution in [0.15, 0.2) is 38.9 Å². The number of pyridine rings is 1. The van der Waals surface area contributed by atoms with Crippen molar-refractivity contribution in [1.29, 1.82) is 0 Å². The largest absolute Gasteiger partial charge is 0.444 e. The molecule has 214 valence electrons. The summed E-state index contributed by atoms with van der Waals surface area (Å²) in [6.45, 7) is 10.6. The van der Waals surface area contributed by atoms with Gasteiger partial charge in [0.15, 0.2) is 0 Å². The van der Waals surface area contributed by atoms with Crippen LogP contribution >= 0.6 is 31.9 Å². The maximum absolute atomic E-state index is 13.3. The second-order valence-corrected chi connectivity index (χ2v) is 14.2. The van der Waals surface area contributed by atoms with Crippen LogP contribution in [0.3, 0.4) is 0 Å². The number of likely N-dealkylation sites (tertiary alicyclic amines) is 2. The minimum Gasteiger partial charge on any atom is -0.444 e. The van der Waals surface area contributed by atoms with Gasteiger partial charge in [-0.05, 0) is 117 Å². The van der Waals surface area contributed by atoms with Crippen molar-refractivity contribution in [3.05, 3.63) is 66.9 Å². The SMILES string of the molecule is Cc1cc(Br)c2c(c1)CCc1cc(Br)cnc1C2=C1CCN(C(=O)CC2CCN(C(=O)OC(C)(C)C)CC2)CC1. The number of halogens is 2. The Hall–Kier alpha value is -2.19. The molecular weight excluding hydrogens is 634 g/mol. The highest BCUT2D eigenvalue weighted by Crippen LogP contribution is 2.42. The van der Waals surface area contributed by atoms with Crippen LogP contribution in [-0.2, 0) is 22.4 Å². The van der Waals surface area contributed by atoms with E-state index in [1.807, 2.05) is 31.9 Å². The number of amides is 2. The Morgan fingerprint density at radius 2 is 1.62 bits per heavy atom. The summed E-state index contributed by atoms with van der Waals surface area (Å²) >= 11 is 7.51. The molecule has 5 rings (SSSR count). The molecule has 40 heavy (non-hydrogen) atoms. The van der Waals surface area contributed by atoms with Gasteiger partial charge >= 0.3 is 6.09 Å². The fraction of sp³-hybridized carbons (Fsp3) is 0.531. The standard InChI is InChI=1S/C32H39Br2N3O3/c1-20-15-23-5-6-24-18-25(33)19-35-30(24)29(28(23)26(34)16-20)22-9-13-36(14-10-22)27(38)17-21-7-11-37(12-8-21)31(39)40-32(2,3)4/h15-16,18-19,21H,5-14,17H2,1-4H3. The number of carbonyl (C=O) groups is 2. The van der Waals surface area contributed by atoms with Crippen molar-refractivity contribution in [3.63, 3.8) is 0 Å². The third-order valence-corrected chi connectivity index (χ3v) is 9.26. The molecule has 0 spiro atoms. The van der Waals surface area contributed by atoms with E-state index in [4.69, 9.17) is 9.72 Å². The van der Waals surface area contributed by atoms with Gasteiger partial charge in [0.2, 0.25) is 5.91 Å². The molecule has 2 amide bonds. The zero-order chi connectivity index (χ0) is 28.6. The minimum absolute atomic E-state index is 0.236. The lowest BCUT2D eigenvalue weighted by molar-refractivity contribution is -0.133. The summed E-state index contributed by atoms with van der Waals surface area (Å²) in [6.07, 6.45) is 7.54. The summed E-state index contributed by atoms with van der Waals surface area (Å²) in [5.74, 6) is 0.550. The predicted octanol–water partition coefficient (Wildman–Crippen LogP) is 7.48. The maximum atomic E-state index is 13.3. The fourth-order valence-electron chi connectivity index (χ4n) is 6.22. The molecule has 2 aliphatic heterocycles. The Kier molecular flexibility index (Phi) is 8.77. The van der Waals surface area contributed by atoms with Crippen molar-refractivity contribution in [2.75, 3.05) is 26.2 Å². The molecule has 0 N–H and O–H groups in total. The normalized spacial score (nSPS) is 18.2. The topological polar surface area (TPSA) is 62.7 Å². The third kappa shape index (κ3) is 6.64. The second kappa shape index (κ2) is 12.0. The zero-order valence-electron chi connectivity index (χ0n) is 24.0. The molecule has 0 atom stereocenters. The Morgan fingerprint density at radius 1 is 0.950 bits per heavy atom. The van der Waals surface area contributed by atoms with Gasteiger partial charge in [0.05, 0.1) is 5.69 Å².